The molecule has 162 valence electrons. The smallest absolute Gasteiger partial charge is 0.325 e. The number of Topliss-reactive ketones (excluding diaryl/α,β-unsaturated/α-hetero) is 1. The third kappa shape index (κ3) is 8.27. The Kier molecular flexibility index (Phi) is 8.71. The molecule has 2 N–H and O–H groups in total. The molecule has 0 heterocycles. The highest BCUT2D eigenvalue weighted by Crippen LogP contribution is 2.13. The Hall–Kier alpha value is -3.72. The predicted octanol–water partition coefficient (Wildman–Crippen LogP) is 1.54. The number of halogens is 1. The first-order chi connectivity index (χ1) is 14.7. The number of benzene rings is 2. The number of amides is 2. The normalized spacial score (nSPS) is 10.0. The molecular formula is C21H19ClN2O7. The standard InChI is InChI=1S/C21H19ClN2O7/c1-13(25)31-17-8-4-14(5-9-17)18(26)12-30-20(28)11-23-19(27)10-24-21(29)15-2-6-16(22)7-3-15/h2-9H,10-12H2,1H3,(H,23,27)(H,24,29). The second-order valence-electron chi connectivity index (χ2n) is 6.17. The fraction of sp³-hybridized carbons (Fsp3) is 0.190. The summed E-state index contributed by atoms with van der Waals surface area (Å²) in [7, 11) is 0. The molecule has 31 heavy (non-hydrogen) atoms. The molecular weight excluding hydrogens is 428 g/mol. The summed E-state index contributed by atoms with van der Waals surface area (Å²) in [5.41, 5.74) is 0.591. The van der Waals surface area contributed by atoms with Gasteiger partial charge in [0, 0.05) is 23.1 Å². The summed E-state index contributed by atoms with van der Waals surface area (Å²) in [6.45, 7) is -0.0730. The molecule has 2 aromatic rings. The summed E-state index contributed by atoms with van der Waals surface area (Å²) < 4.78 is 9.68. The molecule has 0 fully saturated rings. The van der Waals surface area contributed by atoms with Gasteiger partial charge < -0.3 is 20.1 Å². The van der Waals surface area contributed by atoms with Gasteiger partial charge in [0.25, 0.3) is 5.91 Å². The van der Waals surface area contributed by atoms with Gasteiger partial charge in [-0.25, -0.2) is 0 Å². The van der Waals surface area contributed by atoms with Gasteiger partial charge in [-0.3, -0.25) is 24.0 Å². The van der Waals surface area contributed by atoms with E-state index in [1.165, 1.54) is 43.3 Å². The Labute approximate surface area is 182 Å². The summed E-state index contributed by atoms with van der Waals surface area (Å²) in [5.74, 6) is -2.57. The molecule has 10 heteroatoms. The van der Waals surface area contributed by atoms with E-state index in [0.717, 1.165) is 0 Å². The van der Waals surface area contributed by atoms with Crippen LogP contribution in [0.5, 0.6) is 5.75 Å². The van der Waals surface area contributed by atoms with Crippen molar-refractivity contribution in [2.24, 2.45) is 0 Å². The molecule has 2 amide bonds. The monoisotopic (exact) mass is 446 g/mol. The van der Waals surface area contributed by atoms with E-state index in [2.05, 4.69) is 10.6 Å². The summed E-state index contributed by atoms with van der Waals surface area (Å²) in [5, 5.41) is 5.15. The third-order valence-corrected chi connectivity index (χ3v) is 4.00. The fourth-order valence-corrected chi connectivity index (χ4v) is 2.38. The summed E-state index contributed by atoms with van der Waals surface area (Å²) in [6, 6.07) is 11.8. The van der Waals surface area contributed by atoms with Crippen molar-refractivity contribution in [1.29, 1.82) is 0 Å². The average molecular weight is 447 g/mol. The first kappa shape index (κ1) is 23.6. The molecule has 0 saturated heterocycles. The van der Waals surface area contributed by atoms with Gasteiger partial charge in [-0.1, -0.05) is 11.6 Å². The largest absolute Gasteiger partial charge is 0.456 e. The number of carbonyl (C=O) groups is 5. The molecule has 2 aromatic carbocycles. The molecule has 0 bridgehead atoms. The summed E-state index contributed by atoms with van der Waals surface area (Å²) >= 11 is 5.74. The fourth-order valence-electron chi connectivity index (χ4n) is 2.25. The van der Waals surface area contributed by atoms with Crippen molar-refractivity contribution < 1.29 is 33.4 Å². The van der Waals surface area contributed by atoms with Crippen molar-refractivity contribution >= 4 is 41.1 Å². The molecule has 0 aliphatic rings. The van der Waals surface area contributed by atoms with Crippen LogP contribution in [0.25, 0.3) is 0 Å². The minimum absolute atomic E-state index is 0.262. The van der Waals surface area contributed by atoms with Gasteiger partial charge in [-0.2, -0.15) is 0 Å². The van der Waals surface area contributed by atoms with Gasteiger partial charge in [0.15, 0.2) is 12.4 Å². The maximum absolute atomic E-state index is 12.0. The molecule has 0 aliphatic heterocycles. The lowest BCUT2D eigenvalue weighted by molar-refractivity contribution is -0.142. The number of hydrogen-bond acceptors (Lipinski definition) is 7. The van der Waals surface area contributed by atoms with E-state index in [-0.39, 0.29) is 17.9 Å². The molecule has 2 rings (SSSR count). The zero-order valence-electron chi connectivity index (χ0n) is 16.5. The first-order valence-corrected chi connectivity index (χ1v) is 9.40. The van der Waals surface area contributed by atoms with Crippen molar-refractivity contribution in [3.63, 3.8) is 0 Å². The van der Waals surface area contributed by atoms with E-state index in [1.807, 2.05) is 0 Å². The summed E-state index contributed by atoms with van der Waals surface area (Å²) in [6.07, 6.45) is 0. The Morgan fingerprint density at radius 3 is 2.06 bits per heavy atom. The first-order valence-electron chi connectivity index (χ1n) is 9.02. The lowest BCUT2D eigenvalue weighted by Crippen LogP contribution is -2.39. The van der Waals surface area contributed by atoms with Crippen LogP contribution in [0.15, 0.2) is 48.5 Å². The maximum atomic E-state index is 12.0. The van der Waals surface area contributed by atoms with Crippen LogP contribution in [0.2, 0.25) is 5.02 Å². The Balaban J connectivity index is 1.68. The highest BCUT2D eigenvalue weighted by molar-refractivity contribution is 6.30. The van der Waals surface area contributed by atoms with Gasteiger partial charge >= 0.3 is 11.9 Å². The highest BCUT2D eigenvalue weighted by atomic mass is 35.5. The third-order valence-electron chi connectivity index (χ3n) is 3.75. The number of ketones is 1. The van der Waals surface area contributed by atoms with Gasteiger partial charge in [0.2, 0.25) is 5.91 Å². The van der Waals surface area contributed by atoms with Crippen LogP contribution in [-0.4, -0.2) is 49.2 Å². The van der Waals surface area contributed by atoms with Crippen LogP contribution in [0.3, 0.4) is 0 Å². The lowest BCUT2D eigenvalue weighted by Gasteiger charge is -2.08. The highest BCUT2D eigenvalue weighted by Gasteiger charge is 2.13. The zero-order valence-corrected chi connectivity index (χ0v) is 17.2. The second kappa shape index (κ2) is 11.5. The van der Waals surface area contributed by atoms with Crippen LogP contribution in [0.4, 0.5) is 0 Å². The van der Waals surface area contributed by atoms with Crippen molar-refractivity contribution in [3.05, 3.63) is 64.7 Å². The number of esters is 2. The van der Waals surface area contributed by atoms with Gasteiger partial charge in [0.1, 0.15) is 12.3 Å². The number of hydrogen-bond donors (Lipinski definition) is 2. The van der Waals surface area contributed by atoms with Gasteiger partial charge in [-0.05, 0) is 48.5 Å². The van der Waals surface area contributed by atoms with E-state index in [4.69, 9.17) is 21.1 Å². The Morgan fingerprint density at radius 2 is 1.45 bits per heavy atom. The van der Waals surface area contributed by atoms with E-state index < -0.39 is 42.7 Å². The van der Waals surface area contributed by atoms with Crippen LogP contribution in [-0.2, 0) is 19.1 Å². The molecule has 0 spiro atoms. The van der Waals surface area contributed by atoms with E-state index >= 15 is 0 Å². The SMILES string of the molecule is CC(=O)Oc1ccc(C(=O)COC(=O)CNC(=O)CNC(=O)c2ccc(Cl)cc2)cc1. The predicted molar refractivity (Wildman–Crippen MR) is 110 cm³/mol. The maximum Gasteiger partial charge on any atom is 0.325 e. The van der Waals surface area contributed by atoms with Crippen molar-refractivity contribution in [3.8, 4) is 5.75 Å². The molecule has 0 unspecified atom stereocenters. The molecule has 0 atom stereocenters. The Bertz CT molecular complexity index is 972. The van der Waals surface area contributed by atoms with Crippen molar-refractivity contribution in [2.75, 3.05) is 19.7 Å². The van der Waals surface area contributed by atoms with Crippen LogP contribution < -0.4 is 15.4 Å². The number of nitrogens with one attached hydrogen (secondary N) is 2. The molecule has 0 aliphatic carbocycles. The Morgan fingerprint density at radius 1 is 0.839 bits per heavy atom. The summed E-state index contributed by atoms with van der Waals surface area (Å²) in [4.78, 5) is 58.2. The van der Waals surface area contributed by atoms with E-state index in [0.29, 0.717) is 10.6 Å². The molecule has 0 aromatic heterocycles. The number of ether oxygens (including phenoxy) is 2. The topological polar surface area (TPSA) is 128 Å². The van der Waals surface area contributed by atoms with Crippen LogP contribution in [0, 0.1) is 0 Å². The quantitative estimate of drug-likeness (QED) is 0.339. The van der Waals surface area contributed by atoms with Crippen molar-refractivity contribution in [1.82, 2.24) is 10.6 Å². The zero-order chi connectivity index (χ0) is 22.8. The van der Waals surface area contributed by atoms with E-state index in [1.54, 1.807) is 12.1 Å². The number of rotatable bonds is 9. The van der Waals surface area contributed by atoms with Gasteiger partial charge in [-0.15, -0.1) is 0 Å². The molecule has 9 nitrogen and oxygen atoms in total. The second-order valence-corrected chi connectivity index (χ2v) is 6.60. The number of carbonyl (C=O) groups excluding carboxylic acids is 5. The lowest BCUT2D eigenvalue weighted by atomic mass is 10.1. The molecule has 0 saturated carbocycles. The van der Waals surface area contributed by atoms with Gasteiger partial charge in [0.05, 0.1) is 6.54 Å². The van der Waals surface area contributed by atoms with E-state index in [9.17, 15) is 24.0 Å². The minimum Gasteiger partial charge on any atom is -0.456 e. The molecule has 0 radical (unpaired) electrons. The van der Waals surface area contributed by atoms with Crippen LogP contribution in [0.1, 0.15) is 27.6 Å². The average Bonchev–Trinajstić information content (AvgIpc) is 2.75. The van der Waals surface area contributed by atoms with Crippen LogP contribution >= 0.6 is 11.6 Å². The van der Waals surface area contributed by atoms with Crippen molar-refractivity contribution in [2.45, 2.75) is 6.92 Å². The minimum atomic E-state index is -0.817.